The monoisotopic (exact) mass is 754 g/mol. The Morgan fingerprint density at radius 3 is 2.34 bits per heavy atom. The summed E-state index contributed by atoms with van der Waals surface area (Å²) in [6.45, 7) is 8.88. The molecule has 0 radical (unpaired) electrons. The molecular formula is C38H43ClF4N8O2. The summed E-state index contributed by atoms with van der Waals surface area (Å²) in [7, 11) is 0. The molecule has 10 nitrogen and oxygen atoms in total. The number of hydrogen-bond acceptors (Lipinski definition) is 7. The number of nitrogens with one attached hydrogen (secondary N) is 1. The van der Waals surface area contributed by atoms with Crippen molar-refractivity contribution in [2.45, 2.75) is 101 Å². The molecule has 2 saturated carbocycles. The second kappa shape index (κ2) is 12.2. The lowest BCUT2D eigenvalue weighted by atomic mass is 9.72. The number of amides is 2. The van der Waals surface area contributed by atoms with E-state index in [-0.39, 0.29) is 34.8 Å². The van der Waals surface area contributed by atoms with Gasteiger partial charge in [0.2, 0.25) is 11.8 Å². The molecule has 4 atom stereocenters. The van der Waals surface area contributed by atoms with Crippen molar-refractivity contribution in [3.63, 3.8) is 0 Å². The number of nitrogens with two attached hydrogens (primary N) is 1. The molecule has 0 spiro atoms. The van der Waals surface area contributed by atoms with Crippen LogP contribution in [-0.4, -0.2) is 78.8 Å². The van der Waals surface area contributed by atoms with Crippen molar-refractivity contribution in [3.05, 3.63) is 53.9 Å². The van der Waals surface area contributed by atoms with Gasteiger partial charge in [-0.15, -0.1) is 11.6 Å². The fourth-order valence-electron chi connectivity index (χ4n) is 9.25. The first-order chi connectivity index (χ1) is 25.0. The zero-order valence-electron chi connectivity index (χ0n) is 30.2. The summed E-state index contributed by atoms with van der Waals surface area (Å²) >= 11 is 6.49. The van der Waals surface area contributed by atoms with Crippen molar-refractivity contribution >= 4 is 45.7 Å². The topological polar surface area (TPSA) is 122 Å². The lowest BCUT2D eigenvalue weighted by molar-refractivity contribution is -0.129. The van der Waals surface area contributed by atoms with Gasteiger partial charge in [0, 0.05) is 53.7 Å². The average Bonchev–Trinajstić information content (AvgIpc) is 3.70. The number of pyridine rings is 2. The highest BCUT2D eigenvalue weighted by atomic mass is 35.5. The Hall–Kier alpha value is -4.04. The van der Waals surface area contributed by atoms with E-state index in [0.29, 0.717) is 33.7 Å². The Bertz CT molecular complexity index is 2080. The van der Waals surface area contributed by atoms with Crippen LogP contribution in [0.25, 0.3) is 27.9 Å². The second-order valence-electron chi connectivity index (χ2n) is 16.5. The number of rotatable bonds is 8. The molecule has 53 heavy (non-hydrogen) atoms. The van der Waals surface area contributed by atoms with Crippen LogP contribution in [0.5, 0.6) is 0 Å². The normalized spacial score (nSPS) is 30.7. The summed E-state index contributed by atoms with van der Waals surface area (Å²) in [5.74, 6) is -1.70. The Kier molecular flexibility index (Phi) is 8.30. The quantitative estimate of drug-likeness (QED) is 0.155. The molecule has 3 aromatic rings. The summed E-state index contributed by atoms with van der Waals surface area (Å²) in [5, 5.41) is 1.36. The molecule has 282 valence electrons. The van der Waals surface area contributed by atoms with E-state index in [1.165, 1.54) is 24.2 Å². The third kappa shape index (κ3) is 5.32. The fraction of sp³-hybridized carbons (Fsp3) is 0.553. The lowest BCUT2D eigenvalue weighted by Gasteiger charge is -2.54. The lowest BCUT2D eigenvalue weighted by Crippen LogP contribution is -2.62. The standard InChI is InChI=1S/C38H43ClF4N8O2/c1-18(2)50-17-46-26-11-25(47-28(29(26)50)23-8-9-24(32(52)48-35(42)43)38(39,30(23)44)33(40)41)21-10-27-31(45-14-21)36(3,4)34(53)51(27)22-12-37(5,13-22)49-15-19-6-7-20(19)16-49/h8-11,14,17-20,22,24,33,35H,6-7,12-13,15-16,44H2,1-5H3,(H,48,52)/t19-,20?,22?,24?,37?,38?/m1/s1. The van der Waals surface area contributed by atoms with E-state index in [2.05, 4.69) is 16.8 Å². The van der Waals surface area contributed by atoms with Crippen LogP contribution in [0.1, 0.15) is 77.7 Å². The molecule has 2 amide bonds. The van der Waals surface area contributed by atoms with Crippen molar-refractivity contribution in [1.82, 2.24) is 29.7 Å². The van der Waals surface area contributed by atoms with Gasteiger partial charge in [-0.1, -0.05) is 12.2 Å². The highest BCUT2D eigenvalue weighted by Crippen LogP contribution is 2.53. The molecule has 5 aliphatic rings. The van der Waals surface area contributed by atoms with Crippen molar-refractivity contribution in [2.75, 3.05) is 18.0 Å². The van der Waals surface area contributed by atoms with Crippen LogP contribution < -0.4 is 16.0 Å². The number of nitrogens with zero attached hydrogens (tertiary/aromatic N) is 6. The summed E-state index contributed by atoms with van der Waals surface area (Å²) in [6.07, 6.45) is 6.55. The van der Waals surface area contributed by atoms with Crippen LogP contribution in [0.4, 0.5) is 23.2 Å². The highest BCUT2D eigenvalue weighted by molar-refractivity contribution is 6.29. The summed E-state index contributed by atoms with van der Waals surface area (Å²) in [6, 6.07) is 3.55. The summed E-state index contributed by atoms with van der Waals surface area (Å²) < 4.78 is 57.6. The average molecular weight is 755 g/mol. The predicted octanol–water partition coefficient (Wildman–Crippen LogP) is 6.40. The maximum absolute atomic E-state index is 14.8. The van der Waals surface area contributed by atoms with Gasteiger partial charge in [-0.3, -0.25) is 24.8 Å². The van der Waals surface area contributed by atoms with E-state index in [1.807, 2.05) is 43.2 Å². The molecule has 15 heteroatoms. The van der Waals surface area contributed by atoms with Crippen LogP contribution >= 0.6 is 11.6 Å². The molecular weight excluding hydrogens is 712 g/mol. The molecule has 1 saturated heterocycles. The van der Waals surface area contributed by atoms with Gasteiger partial charge in [0.05, 0.1) is 51.5 Å². The number of anilines is 1. The first kappa shape index (κ1) is 36.0. The molecule has 3 aromatic heterocycles. The number of carbonyl (C=O) groups is 2. The van der Waals surface area contributed by atoms with Crippen LogP contribution in [0.3, 0.4) is 0 Å². The van der Waals surface area contributed by atoms with Crippen LogP contribution in [0.15, 0.2) is 42.5 Å². The zero-order valence-corrected chi connectivity index (χ0v) is 31.0. The number of likely N-dealkylation sites (tertiary alicyclic amines) is 1. The number of hydrogen-bond donors (Lipinski definition) is 2. The van der Waals surface area contributed by atoms with Gasteiger partial charge >= 0.3 is 6.55 Å². The zero-order chi connectivity index (χ0) is 37.9. The number of aromatic nitrogens is 4. The Morgan fingerprint density at radius 2 is 1.74 bits per heavy atom. The maximum atomic E-state index is 14.8. The molecule has 3 N–H and O–H groups in total. The predicted molar refractivity (Wildman–Crippen MR) is 193 cm³/mol. The number of imidazole rings is 1. The molecule has 8 rings (SSSR count). The number of fused-ring (bicyclic) bond motifs is 3. The van der Waals surface area contributed by atoms with E-state index < -0.39 is 40.8 Å². The molecule has 0 bridgehead atoms. The number of halogens is 5. The van der Waals surface area contributed by atoms with Gasteiger partial charge in [0.1, 0.15) is 0 Å². The van der Waals surface area contributed by atoms with Gasteiger partial charge in [-0.2, -0.15) is 8.78 Å². The van der Waals surface area contributed by atoms with Crippen molar-refractivity contribution in [1.29, 1.82) is 0 Å². The van der Waals surface area contributed by atoms with Crippen molar-refractivity contribution in [3.8, 4) is 11.3 Å². The second-order valence-corrected chi connectivity index (χ2v) is 17.1. The van der Waals surface area contributed by atoms with E-state index in [4.69, 9.17) is 27.3 Å². The van der Waals surface area contributed by atoms with Crippen molar-refractivity contribution in [2.24, 2.45) is 23.5 Å². The molecule has 5 heterocycles. The van der Waals surface area contributed by atoms with Crippen LogP contribution in [0, 0.1) is 17.8 Å². The summed E-state index contributed by atoms with van der Waals surface area (Å²) in [5.41, 5.74) is 8.50. The van der Waals surface area contributed by atoms with Crippen LogP contribution in [-0.2, 0) is 15.0 Å². The Morgan fingerprint density at radius 1 is 1.06 bits per heavy atom. The van der Waals surface area contributed by atoms with E-state index in [0.717, 1.165) is 43.8 Å². The van der Waals surface area contributed by atoms with E-state index >= 15 is 0 Å². The van der Waals surface area contributed by atoms with Gasteiger partial charge < -0.3 is 15.2 Å². The number of allylic oxidation sites excluding steroid dienone is 3. The van der Waals surface area contributed by atoms with Gasteiger partial charge in [0.15, 0.2) is 4.87 Å². The molecule has 2 aliphatic heterocycles. The SMILES string of the molecule is CC(C)n1cnc2cc(-c3cnc4c(c3)N(C3CC(C)(N5CC6CC[C@@H]6C5)C3)C(=O)C4(C)C)nc(C3=C(N)C(Cl)(C(F)F)C(C(=O)NC(F)F)C=C3)c21. The maximum Gasteiger partial charge on any atom is 0.315 e. The Labute approximate surface area is 309 Å². The molecule has 0 aromatic carbocycles. The number of alkyl halides is 5. The third-order valence-electron chi connectivity index (χ3n) is 12.6. The Balaban J connectivity index is 1.20. The minimum atomic E-state index is -3.41. The van der Waals surface area contributed by atoms with Gasteiger partial charge in [-0.05, 0) is 84.3 Å². The van der Waals surface area contributed by atoms with E-state index in [9.17, 15) is 27.2 Å². The molecule has 3 fully saturated rings. The largest absolute Gasteiger partial charge is 0.400 e. The third-order valence-corrected chi connectivity index (χ3v) is 13.2. The minimum Gasteiger partial charge on any atom is -0.400 e. The van der Waals surface area contributed by atoms with Gasteiger partial charge in [0.25, 0.3) is 6.43 Å². The first-order valence-corrected chi connectivity index (χ1v) is 18.5. The van der Waals surface area contributed by atoms with Crippen LogP contribution in [0.2, 0.25) is 0 Å². The molecule has 3 unspecified atom stereocenters. The fourth-order valence-corrected chi connectivity index (χ4v) is 9.52. The van der Waals surface area contributed by atoms with Gasteiger partial charge in [-0.25, -0.2) is 18.7 Å². The smallest absolute Gasteiger partial charge is 0.315 e. The minimum absolute atomic E-state index is 0.00630. The van der Waals surface area contributed by atoms with Crippen molar-refractivity contribution < 1.29 is 27.2 Å². The number of carbonyl (C=O) groups excluding carboxylic acids is 2. The highest BCUT2D eigenvalue weighted by Gasteiger charge is 2.57. The first-order valence-electron chi connectivity index (χ1n) is 18.2. The van der Waals surface area contributed by atoms with E-state index in [1.54, 1.807) is 18.6 Å². The molecule has 3 aliphatic carbocycles. The summed E-state index contributed by atoms with van der Waals surface area (Å²) in [4.78, 5) is 42.8.